The molecule has 1 aromatic heterocycles. The molecule has 42 valence electrons. The van der Waals surface area contributed by atoms with Crippen molar-refractivity contribution in [1.29, 1.82) is 0 Å². The standard InChI is InChI=1S/C4H3ClN2S/c5-3-1-2-4(8)7-6-3/h1-2H,(H,7,8). The summed E-state index contributed by atoms with van der Waals surface area (Å²) >= 11 is 9.30. The first-order valence-electron chi connectivity index (χ1n) is 1.97. The second-order valence-electron chi connectivity index (χ2n) is 1.21. The van der Waals surface area contributed by atoms with E-state index in [0.717, 1.165) is 0 Å². The Kier molecular flexibility index (Phi) is 1.70. The van der Waals surface area contributed by atoms with Crippen molar-refractivity contribution in [3.05, 3.63) is 17.3 Å². The first-order chi connectivity index (χ1) is 3.79. The molecular formula is C4H3ClN2S. The molecule has 0 spiro atoms. The van der Waals surface area contributed by atoms with Gasteiger partial charge in [0, 0.05) is 0 Å². The number of nitrogens with zero attached hydrogens (tertiary/aromatic N) is 2. The van der Waals surface area contributed by atoms with Crippen LogP contribution in [0.3, 0.4) is 0 Å². The summed E-state index contributed by atoms with van der Waals surface area (Å²) in [5, 5.41) is 8.05. The Morgan fingerprint density at radius 2 is 2.12 bits per heavy atom. The summed E-state index contributed by atoms with van der Waals surface area (Å²) in [6.45, 7) is 0. The predicted octanol–water partition coefficient (Wildman–Crippen LogP) is 1.42. The van der Waals surface area contributed by atoms with E-state index in [9.17, 15) is 0 Å². The molecule has 8 heavy (non-hydrogen) atoms. The molecular weight excluding hydrogens is 144 g/mol. The lowest BCUT2D eigenvalue weighted by molar-refractivity contribution is 0.934. The first kappa shape index (κ1) is 5.85. The van der Waals surface area contributed by atoms with E-state index in [1.54, 1.807) is 12.1 Å². The average Bonchev–Trinajstić information content (AvgIpc) is 1.77. The third-order valence-electron chi connectivity index (χ3n) is 0.618. The summed E-state index contributed by atoms with van der Waals surface area (Å²) in [6.07, 6.45) is 0. The van der Waals surface area contributed by atoms with Crippen LogP contribution in [-0.2, 0) is 0 Å². The number of aromatic nitrogens is 2. The lowest BCUT2D eigenvalue weighted by Crippen LogP contribution is -1.79. The van der Waals surface area contributed by atoms with Crippen molar-refractivity contribution in [3.63, 3.8) is 0 Å². The van der Waals surface area contributed by atoms with Crippen molar-refractivity contribution in [3.8, 4) is 0 Å². The highest BCUT2D eigenvalue weighted by atomic mass is 35.5. The van der Waals surface area contributed by atoms with Crippen LogP contribution < -0.4 is 0 Å². The molecule has 0 aliphatic rings. The average molecular weight is 147 g/mol. The zero-order chi connectivity index (χ0) is 5.98. The fourth-order valence-corrected chi connectivity index (χ4v) is 0.529. The quantitative estimate of drug-likeness (QED) is 0.561. The van der Waals surface area contributed by atoms with E-state index >= 15 is 0 Å². The molecule has 0 saturated heterocycles. The van der Waals surface area contributed by atoms with Crippen LogP contribution in [0.25, 0.3) is 0 Å². The molecule has 0 aliphatic heterocycles. The molecule has 0 amide bonds. The number of hydrogen-bond acceptors (Lipinski definition) is 3. The third kappa shape index (κ3) is 1.35. The van der Waals surface area contributed by atoms with Gasteiger partial charge in [-0.3, -0.25) is 0 Å². The Balaban J connectivity index is 3.03. The van der Waals surface area contributed by atoms with Crippen molar-refractivity contribution >= 4 is 24.2 Å². The molecule has 0 aromatic carbocycles. The molecule has 0 bridgehead atoms. The molecule has 4 heteroatoms. The summed E-state index contributed by atoms with van der Waals surface area (Å²) in [5.41, 5.74) is 0. The van der Waals surface area contributed by atoms with Crippen LogP contribution >= 0.6 is 24.2 Å². The molecule has 0 aliphatic carbocycles. The van der Waals surface area contributed by atoms with Crippen molar-refractivity contribution in [2.75, 3.05) is 0 Å². The number of hydrogen-bond donors (Lipinski definition) is 1. The predicted molar refractivity (Wildman–Crippen MR) is 34.3 cm³/mol. The summed E-state index contributed by atoms with van der Waals surface area (Å²) in [7, 11) is 0. The molecule has 0 atom stereocenters. The third-order valence-corrected chi connectivity index (χ3v) is 1.06. The molecule has 1 aromatic rings. The number of halogens is 1. The van der Waals surface area contributed by atoms with Gasteiger partial charge in [0.15, 0.2) is 5.15 Å². The van der Waals surface area contributed by atoms with Crippen LogP contribution in [0.15, 0.2) is 17.2 Å². The van der Waals surface area contributed by atoms with Gasteiger partial charge < -0.3 is 0 Å². The maximum atomic E-state index is 5.40. The van der Waals surface area contributed by atoms with Crippen LogP contribution in [0.1, 0.15) is 0 Å². The molecule has 0 unspecified atom stereocenters. The van der Waals surface area contributed by atoms with E-state index in [1.807, 2.05) is 0 Å². The van der Waals surface area contributed by atoms with E-state index in [1.165, 1.54) is 0 Å². The van der Waals surface area contributed by atoms with Gasteiger partial charge in [0.25, 0.3) is 0 Å². The molecule has 0 saturated carbocycles. The summed E-state index contributed by atoms with van der Waals surface area (Å²) in [4.78, 5) is 0. The summed E-state index contributed by atoms with van der Waals surface area (Å²) in [5.74, 6) is 0. The highest BCUT2D eigenvalue weighted by Gasteiger charge is 1.85. The van der Waals surface area contributed by atoms with Crippen molar-refractivity contribution in [2.45, 2.75) is 5.03 Å². The number of rotatable bonds is 0. The van der Waals surface area contributed by atoms with E-state index < -0.39 is 0 Å². The molecule has 1 rings (SSSR count). The van der Waals surface area contributed by atoms with E-state index in [0.29, 0.717) is 10.2 Å². The molecule has 0 radical (unpaired) electrons. The lowest BCUT2D eigenvalue weighted by atomic mass is 10.6. The van der Waals surface area contributed by atoms with Crippen LogP contribution in [0.2, 0.25) is 5.15 Å². The number of thiol groups is 1. The minimum Gasteiger partial charge on any atom is -0.143 e. The minimum atomic E-state index is 0.391. The largest absolute Gasteiger partial charge is 0.151 e. The Bertz CT molecular complexity index is 153. The van der Waals surface area contributed by atoms with E-state index in [2.05, 4.69) is 22.8 Å². The van der Waals surface area contributed by atoms with Crippen molar-refractivity contribution in [1.82, 2.24) is 10.2 Å². The molecule has 0 fully saturated rings. The minimum absolute atomic E-state index is 0.391. The normalized spacial score (nSPS) is 9.25. The van der Waals surface area contributed by atoms with Gasteiger partial charge in [-0.1, -0.05) is 11.6 Å². The fraction of sp³-hybridized carbons (Fsp3) is 0. The van der Waals surface area contributed by atoms with Crippen LogP contribution in [0.5, 0.6) is 0 Å². The van der Waals surface area contributed by atoms with Crippen molar-refractivity contribution in [2.24, 2.45) is 0 Å². The van der Waals surface area contributed by atoms with Crippen molar-refractivity contribution < 1.29 is 0 Å². The van der Waals surface area contributed by atoms with E-state index in [4.69, 9.17) is 11.6 Å². The van der Waals surface area contributed by atoms with Gasteiger partial charge >= 0.3 is 0 Å². The zero-order valence-electron chi connectivity index (χ0n) is 3.87. The second kappa shape index (κ2) is 2.33. The van der Waals surface area contributed by atoms with Crippen LogP contribution in [0, 0.1) is 0 Å². The van der Waals surface area contributed by atoms with Gasteiger partial charge in [-0.15, -0.1) is 22.8 Å². The van der Waals surface area contributed by atoms with Gasteiger partial charge in [0.05, 0.1) is 0 Å². The Morgan fingerprint density at radius 3 is 2.50 bits per heavy atom. The smallest absolute Gasteiger partial charge is 0.143 e. The summed E-state index contributed by atoms with van der Waals surface area (Å²) in [6, 6.07) is 3.31. The van der Waals surface area contributed by atoms with Gasteiger partial charge in [0.1, 0.15) is 5.03 Å². The fourth-order valence-electron chi connectivity index (χ4n) is 0.309. The Hall–Kier alpha value is -0.280. The zero-order valence-corrected chi connectivity index (χ0v) is 5.52. The monoisotopic (exact) mass is 146 g/mol. The highest BCUT2D eigenvalue weighted by molar-refractivity contribution is 7.80. The van der Waals surface area contributed by atoms with Gasteiger partial charge in [-0.25, -0.2) is 0 Å². The van der Waals surface area contributed by atoms with Crippen LogP contribution in [-0.4, -0.2) is 10.2 Å². The molecule has 2 nitrogen and oxygen atoms in total. The Labute approximate surface area is 57.3 Å². The highest BCUT2D eigenvalue weighted by Crippen LogP contribution is 2.03. The second-order valence-corrected chi connectivity index (χ2v) is 2.06. The molecule has 1 heterocycles. The first-order valence-corrected chi connectivity index (χ1v) is 2.80. The lowest BCUT2D eigenvalue weighted by Gasteiger charge is -1.85. The van der Waals surface area contributed by atoms with Gasteiger partial charge in [0.2, 0.25) is 0 Å². The maximum Gasteiger partial charge on any atom is 0.151 e. The van der Waals surface area contributed by atoms with Crippen LogP contribution in [0.4, 0.5) is 0 Å². The molecule has 0 N–H and O–H groups in total. The Morgan fingerprint density at radius 1 is 1.38 bits per heavy atom. The topological polar surface area (TPSA) is 25.8 Å². The van der Waals surface area contributed by atoms with E-state index in [-0.39, 0.29) is 0 Å². The summed E-state index contributed by atoms with van der Waals surface area (Å²) < 4.78 is 0. The SMILES string of the molecule is Sc1ccc(Cl)nn1. The van der Waals surface area contributed by atoms with Gasteiger partial charge in [-0.05, 0) is 12.1 Å². The van der Waals surface area contributed by atoms with Gasteiger partial charge in [-0.2, -0.15) is 0 Å². The maximum absolute atomic E-state index is 5.40.